The summed E-state index contributed by atoms with van der Waals surface area (Å²) in [6.45, 7) is 7.22. The number of carbonyl (C=O) groups is 2. The van der Waals surface area contributed by atoms with Gasteiger partial charge in [0.25, 0.3) is 0 Å². The summed E-state index contributed by atoms with van der Waals surface area (Å²) in [5.74, 6) is 3.99. The fraction of sp³-hybridized carbons (Fsp3) is 0.733. The SMILES string of the molecule is CCOC(=O)C#CC(O)C1(N(C)C(=O)OC(C)(C)C)CC1. The summed E-state index contributed by atoms with van der Waals surface area (Å²) < 4.78 is 9.95. The molecule has 0 bridgehead atoms. The molecule has 1 aliphatic rings. The molecule has 1 rings (SSSR count). The Labute approximate surface area is 125 Å². The van der Waals surface area contributed by atoms with Crippen LogP contribution in [0.25, 0.3) is 0 Å². The highest BCUT2D eigenvalue weighted by molar-refractivity contribution is 5.88. The van der Waals surface area contributed by atoms with Gasteiger partial charge in [-0.25, -0.2) is 9.59 Å². The van der Waals surface area contributed by atoms with E-state index >= 15 is 0 Å². The van der Waals surface area contributed by atoms with E-state index in [1.54, 1.807) is 34.7 Å². The highest BCUT2D eigenvalue weighted by Crippen LogP contribution is 2.44. The highest BCUT2D eigenvalue weighted by atomic mass is 16.6. The van der Waals surface area contributed by atoms with Gasteiger partial charge in [0, 0.05) is 13.0 Å². The Hall–Kier alpha value is -1.74. The van der Waals surface area contributed by atoms with Gasteiger partial charge in [-0.05, 0) is 40.5 Å². The van der Waals surface area contributed by atoms with Crippen LogP contribution in [0.2, 0.25) is 0 Å². The van der Waals surface area contributed by atoms with Crippen molar-refractivity contribution in [3.8, 4) is 11.8 Å². The molecule has 1 fully saturated rings. The predicted molar refractivity (Wildman–Crippen MR) is 76.4 cm³/mol. The average Bonchev–Trinajstić information content (AvgIpc) is 3.14. The number of amides is 1. The number of esters is 1. The van der Waals surface area contributed by atoms with Crippen LogP contribution < -0.4 is 0 Å². The van der Waals surface area contributed by atoms with Crippen molar-refractivity contribution in [1.82, 2.24) is 4.90 Å². The fourth-order valence-corrected chi connectivity index (χ4v) is 1.86. The molecule has 1 aliphatic carbocycles. The van der Waals surface area contributed by atoms with Gasteiger partial charge in [-0.3, -0.25) is 0 Å². The maximum atomic E-state index is 12.0. The van der Waals surface area contributed by atoms with Crippen molar-refractivity contribution in [1.29, 1.82) is 0 Å². The molecule has 1 saturated carbocycles. The standard InChI is InChI=1S/C15H23NO5/c1-6-20-12(18)8-7-11(17)15(9-10-15)16(5)13(19)21-14(2,3)4/h11,17H,6,9-10H2,1-5H3. The van der Waals surface area contributed by atoms with E-state index in [0.717, 1.165) is 0 Å². The molecule has 21 heavy (non-hydrogen) atoms. The number of hydrogen-bond acceptors (Lipinski definition) is 5. The van der Waals surface area contributed by atoms with Gasteiger partial charge in [-0.15, -0.1) is 0 Å². The smallest absolute Gasteiger partial charge is 0.410 e. The number of ether oxygens (including phenoxy) is 2. The molecule has 1 N–H and O–H groups in total. The molecule has 0 aromatic heterocycles. The average molecular weight is 297 g/mol. The second kappa shape index (κ2) is 6.35. The normalized spacial score (nSPS) is 17.0. The number of aliphatic hydroxyl groups excluding tert-OH is 1. The lowest BCUT2D eigenvalue weighted by molar-refractivity contribution is -0.136. The first-order valence-electron chi connectivity index (χ1n) is 6.95. The third kappa shape index (κ3) is 4.64. The molecular weight excluding hydrogens is 274 g/mol. The van der Waals surface area contributed by atoms with Crippen LogP contribution in [0, 0.1) is 11.8 Å². The molecule has 0 heterocycles. The first-order chi connectivity index (χ1) is 9.62. The minimum Gasteiger partial charge on any atom is -0.456 e. The van der Waals surface area contributed by atoms with Gasteiger partial charge in [0.2, 0.25) is 0 Å². The number of likely N-dealkylation sites (N-methyl/N-ethyl adjacent to an activating group) is 1. The molecule has 0 radical (unpaired) electrons. The largest absolute Gasteiger partial charge is 0.456 e. The number of carbonyl (C=O) groups excluding carboxylic acids is 2. The molecule has 1 atom stereocenters. The fourth-order valence-electron chi connectivity index (χ4n) is 1.86. The quantitative estimate of drug-likeness (QED) is 0.483. The summed E-state index contributed by atoms with van der Waals surface area (Å²) in [4.78, 5) is 24.6. The molecule has 1 amide bonds. The zero-order chi connectivity index (χ0) is 16.3. The summed E-state index contributed by atoms with van der Waals surface area (Å²) in [6.07, 6.45) is -0.403. The van der Waals surface area contributed by atoms with Gasteiger partial charge in [0.05, 0.1) is 12.1 Å². The van der Waals surface area contributed by atoms with Gasteiger partial charge in [0.1, 0.15) is 11.7 Å². The Balaban J connectivity index is 2.72. The first-order valence-corrected chi connectivity index (χ1v) is 6.95. The van der Waals surface area contributed by atoms with Crippen LogP contribution in [0.15, 0.2) is 0 Å². The molecule has 0 aromatic rings. The molecule has 6 nitrogen and oxygen atoms in total. The Morgan fingerprint density at radius 1 is 1.38 bits per heavy atom. The number of nitrogens with zero attached hydrogens (tertiary/aromatic N) is 1. The molecule has 0 aromatic carbocycles. The van der Waals surface area contributed by atoms with Crippen molar-refractivity contribution < 1.29 is 24.2 Å². The zero-order valence-corrected chi connectivity index (χ0v) is 13.2. The van der Waals surface area contributed by atoms with Gasteiger partial charge < -0.3 is 19.5 Å². The first kappa shape index (κ1) is 17.3. The van der Waals surface area contributed by atoms with Crippen LogP contribution in [-0.2, 0) is 14.3 Å². The van der Waals surface area contributed by atoms with Crippen LogP contribution in [0.4, 0.5) is 4.79 Å². The van der Waals surface area contributed by atoms with E-state index < -0.39 is 29.3 Å². The van der Waals surface area contributed by atoms with Gasteiger partial charge in [-0.1, -0.05) is 5.92 Å². The maximum absolute atomic E-state index is 12.0. The van der Waals surface area contributed by atoms with E-state index in [-0.39, 0.29) is 6.61 Å². The highest BCUT2D eigenvalue weighted by Gasteiger charge is 2.54. The number of rotatable bonds is 3. The lowest BCUT2D eigenvalue weighted by Gasteiger charge is -2.32. The van der Waals surface area contributed by atoms with Crippen LogP contribution in [-0.4, -0.2) is 53.0 Å². The monoisotopic (exact) mass is 297 g/mol. The third-order valence-corrected chi connectivity index (χ3v) is 3.19. The molecule has 118 valence electrons. The number of hydrogen-bond donors (Lipinski definition) is 1. The molecule has 0 saturated heterocycles. The van der Waals surface area contributed by atoms with Crippen LogP contribution in [0.3, 0.4) is 0 Å². The lowest BCUT2D eigenvalue weighted by Crippen LogP contribution is -2.48. The molecule has 0 aliphatic heterocycles. The summed E-state index contributed by atoms with van der Waals surface area (Å²) in [5, 5.41) is 10.1. The van der Waals surface area contributed by atoms with Crippen LogP contribution in [0.1, 0.15) is 40.5 Å². The summed E-state index contributed by atoms with van der Waals surface area (Å²) in [7, 11) is 1.57. The van der Waals surface area contributed by atoms with Crippen molar-refractivity contribution in [2.45, 2.75) is 57.8 Å². The zero-order valence-electron chi connectivity index (χ0n) is 13.2. The Bertz CT molecular complexity index is 465. The van der Waals surface area contributed by atoms with E-state index in [0.29, 0.717) is 12.8 Å². The summed E-state index contributed by atoms with van der Waals surface area (Å²) in [6, 6.07) is 0. The Morgan fingerprint density at radius 2 is 1.95 bits per heavy atom. The summed E-state index contributed by atoms with van der Waals surface area (Å²) in [5.41, 5.74) is -1.38. The Kier molecular flexibility index (Phi) is 5.24. The molecule has 0 spiro atoms. The van der Waals surface area contributed by atoms with Gasteiger partial charge >= 0.3 is 12.1 Å². The van der Waals surface area contributed by atoms with E-state index in [9.17, 15) is 14.7 Å². The minimum atomic E-state index is -1.11. The van der Waals surface area contributed by atoms with Gasteiger partial charge in [-0.2, -0.15) is 0 Å². The van der Waals surface area contributed by atoms with Crippen molar-refractivity contribution in [3.63, 3.8) is 0 Å². The number of aliphatic hydroxyl groups is 1. The van der Waals surface area contributed by atoms with Crippen LogP contribution in [0.5, 0.6) is 0 Å². The molecule has 6 heteroatoms. The molecular formula is C15H23NO5. The topological polar surface area (TPSA) is 76.1 Å². The van der Waals surface area contributed by atoms with Crippen molar-refractivity contribution in [3.05, 3.63) is 0 Å². The van der Waals surface area contributed by atoms with Gasteiger partial charge in [0.15, 0.2) is 0 Å². The van der Waals surface area contributed by atoms with E-state index in [1.807, 2.05) is 0 Å². The second-order valence-corrected chi connectivity index (χ2v) is 6.04. The predicted octanol–water partition coefficient (Wildman–Crippen LogP) is 1.31. The van der Waals surface area contributed by atoms with E-state index in [4.69, 9.17) is 4.74 Å². The lowest BCUT2D eigenvalue weighted by atomic mass is 10.1. The summed E-state index contributed by atoms with van der Waals surface area (Å²) >= 11 is 0. The van der Waals surface area contributed by atoms with Crippen molar-refractivity contribution in [2.24, 2.45) is 0 Å². The Morgan fingerprint density at radius 3 is 2.38 bits per heavy atom. The molecule has 1 unspecified atom stereocenters. The van der Waals surface area contributed by atoms with E-state index in [2.05, 4.69) is 16.6 Å². The van der Waals surface area contributed by atoms with Crippen molar-refractivity contribution >= 4 is 12.1 Å². The third-order valence-electron chi connectivity index (χ3n) is 3.19. The maximum Gasteiger partial charge on any atom is 0.410 e. The van der Waals surface area contributed by atoms with Crippen molar-refractivity contribution in [2.75, 3.05) is 13.7 Å². The van der Waals surface area contributed by atoms with Crippen LogP contribution >= 0.6 is 0 Å². The minimum absolute atomic E-state index is 0.229. The second-order valence-electron chi connectivity index (χ2n) is 6.04. The van der Waals surface area contributed by atoms with E-state index in [1.165, 1.54) is 4.90 Å².